The molecule has 1 N–H and O–H groups in total. The first-order chi connectivity index (χ1) is 14.1. The number of fused-ring (bicyclic) bond motifs is 1. The lowest BCUT2D eigenvalue weighted by Gasteiger charge is -2.32. The summed E-state index contributed by atoms with van der Waals surface area (Å²) in [5.74, 6) is 0.208. The summed E-state index contributed by atoms with van der Waals surface area (Å²) >= 11 is 0. The van der Waals surface area contributed by atoms with Gasteiger partial charge in [-0.05, 0) is 51.0 Å². The van der Waals surface area contributed by atoms with E-state index in [2.05, 4.69) is 5.32 Å². The van der Waals surface area contributed by atoms with Crippen LogP contribution in [0.5, 0.6) is 11.5 Å². The van der Waals surface area contributed by atoms with Gasteiger partial charge in [0.1, 0.15) is 0 Å². The smallest absolute Gasteiger partial charge is 0.270 e. The molecule has 0 atom stereocenters. The molecule has 1 heterocycles. The molecule has 0 saturated heterocycles. The van der Waals surface area contributed by atoms with Gasteiger partial charge in [-0.1, -0.05) is 17.7 Å². The van der Waals surface area contributed by atoms with E-state index in [0.29, 0.717) is 34.0 Å². The van der Waals surface area contributed by atoms with Gasteiger partial charge in [-0.25, -0.2) is 8.42 Å². The number of nitrogens with zero attached hydrogens (tertiary/aromatic N) is 1. The number of carbonyl (C=O) groups is 1. The summed E-state index contributed by atoms with van der Waals surface area (Å²) in [5, 5.41) is 2.76. The van der Waals surface area contributed by atoms with E-state index in [-0.39, 0.29) is 11.4 Å². The van der Waals surface area contributed by atoms with Crippen molar-refractivity contribution in [3.05, 3.63) is 51.9 Å². The van der Waals surface area contributed by atoms with Crippen molar-refractivity contribution in [2.75, 3.05) is 30.4 Å². The normalized spacial score (nSPS) is 14.9. The maximum absolute atomic E-state index is 13.4. The zero-order valence-corrected chi connectivity index (χ0v) is 18.8. The molecule has 2 aromatic carbocycles. The summed E-state index contributed by atoms with van der Waals surface area (Å²) < 4.78 is 38.7. The van der Waals surface area contributed by atoms with Crippen LogP contribution >= 0.6 is 0 Å². The van der Waals surface area contributed by atoms with Crippen molar-refractivity contribution in [3.8, 4) is 11.5 Å². The van der Waals surface area contributed by atoms with Crippen LogP contribution in [0.15, 0.2) is 35.2 Å². The number of carbonyl (C=O) groups excluding carboxylic acids is 1. The fourth-order valence-electron chi connectivity index (χ4n) is 3.69. The zero-order valence-electron chi connectivity index (χ0n) is 18.0. The molecule has 0 fully saturated rings. The topological polar surface area (TPSA) is 84.9 Å². The van der Waals surface area contributed by atoms with Gasteiger partial charge in [0.15, 0.2) is 16.4 Å². The first-order valence-electron chi connectivity index (χ1n) is 9.54. The molecule has 0 aromatic heterocycles. The van der Waals surface area contributed by atoms with E-state index >= 15 is 0 Å². The van der Waals surface area contributed by atoms with Gasteiger partial charge in [-0.2, -0.15) is 0 Å². The third-order valence-electron chi connectivity index (χ3n) is 5.19. The van der Waals surface area contributed by atoms with Gasteiger partial charge in [0, 0.05) is 23.9 Å². The van der Waals surface area contributed by atoms with Crippen LogP contribution in [-0.4, -0.2) is 35.1 Å². The standard InChI is InChI=1S/C22H26N2O5S/c1-7-24-18-12-20(29-6)19(28-5)11-16(18)15(4)21(30(24,26)27)22(25)23-17-9-8-13(2)10-14(17)3/h8-12H,7H2,1-6H3,(H,23,25). The molecule has 1 aliphatic rings. The van der Waals surface area contributed by atoms with Crippen LogP contribution in [-0.2, 0) is 14.8 Å². The van der Waals surface area contributed by atoms with Gasteiger partial charge in [0.25, 0.3) is 15.9 Å². The molecule has 0 aliphatic carbocycles. The molecule has 0 spiro atoms. The van der Waals surface area contributed by atoms with Crippen LogP contribution in [0.25, 0.3) is 5.57 Å². The van der Waals surface area contributed by atoms with E-state index in [1.807, 2.05) is 26.0 Å². The Bertz CT molecular complexity index is 1150. The summed E-state index contributed by atoms with van der Waals surface area (Å²) in [6.07, 6.45) is 0. The lowest BCUT2D eigenvalue weighted by atomic mass is 10.0. The summed E-state index contributed by atoms with van der Waals surface area (Å²) in [6, 6.07) is 8.89. The number of allylic oxidation sites excluding steroid dienone is 1. The minimum Gasteiger partial charge on any atom is -0.493 e. The van der Waals surface area contributed by atoms with E-state index in [9.17, 15) is 13.2 Å². The Kier molecular flexibility index (Phi) is 5.81. The monoisotopic (exact) mass is 430 g/mol. The fourth-order valence-corrected chi connectivity index (χ4v) is 5.44. The van der Waals surface area contributed by atoms with Gasteiger partial charge in [-0.3, -0.25) is 9.10 Å². The number of hydrogen-bond acceptors (Lipinski definition) is 5. The number of sulfonamides is 1. The molecule has 0 radical (unpaired) electrons. The number of amides is 1. The van der Waals surface area contributed by atoms with E-state index in [4.69, 9.17) is 9.47 Å². The van der Waals surface area contributed by atoms with Crippen molar-refractivity contribution in [2.45, 2.75) is 27.7 Å². The summed E-state index contributed by atoms with van der Waals surface area (Å²) in [5.41, 5.74) is 3.90. The molecule has 0 saturated carbocycles. The molecular formula is C22H26N2O5S. The minimum absolute atomic E-state index is 0.165. The quantitative estimate of drug-likeness (QED) is 0.779. The van der Waals surface area contributed by atoms with Crippen LogP contribution in [0.3, 0.4) is 0 Å². The van der Waals surface area contributed by atoms with Crippen molar-refractivity contribution < 1.29 is 22.7 Å². The van der Waals surface area contributed by atoms with Gasteiger partial charge in [-0.15, -0.1) is 0 Å². The number of aryl methyl sites for hydroxylation is 2. The Balaban J connectivity index is 2.18. The number of anilines is 2. The number of hydrogen-bond donors (Lipinski definition) is 1. The fraction of sp³-hybridized carbons (Fsp3) is 0.318. The SMILES string of the molecule is CCN1c2cc(OC)c(OC)cc2C(C)=C(C(=O)Nc2ccc(C)cc2C)S1(=O)=O. The predicted molar refractivity (Wildman–Crippen MR) is 119 cm³/mol. The van der Waals surface area contributed by atoms with Crippen molar-refractivity contribution in [3.63, 3.8) is 0 Å². The number of rotatable bonds is 5. The molecule has 2 aromatic rings. The number of nitrogens with one attached hydrogen (secondary N) is 1. The molecule has 30 heavy (non-hydrogen) atoms. The predicted octanol–water partition coefficient (Wildman–Crippen LogP) is 3.86. The minimum atomic E-state index is -4.06. The molecule has 1 amide bonds. The van der Waals surface area contributed by atoms with Crippen LogP contribution in [0.2, 0.25) is 0 Å². The second-order valence-electron chi connectivity index (χ2n) is 7.12. The third kappa shape index (κ3) is 3.52. The van der Waals surface area contributed by atoms with Crippen molar-refractivity contribution >= 4 is 32.9 Å². The molecule has 7 nitrogen and oxygen atoms in total. The van der Waals surface area contributed by atoms with Gasteiger partial charge < -0.3 is 14.8 Å². The lowest BCUT2D eigenvalue weighted by molar-refractivity contribution is -0.112. The molecule has 0 unspecified atom stereocenters. The van der Waals surface area contributed by atoms with Gasteiger partial charge >= 0.3 is 0 Å². The van der Waals surface area contributed by atoms with Crippen LogP contribution in [0.1, 0.15) is 30.5 Å². The van der Waals surface area contributed by atoms with E-state index in [1.165, 1.54) is 18.5 Å². The highest BCUT2D eigenvalue weighted by atomic mass is 32.2. The molecular weight excluding hydrogens is 404 g/mol. The van der Waals surface area contributed by atoms with Crippen molar-refractivity contribution in [2.24, 2.45) is 0 Å². The molecule has 1 aliphatic heterocycles. The number of benzene rings is 2. The van der Waals surface area contributed by atoms with Crippen molar-refractivity contribution in [1.82, 2.24) is 0 Å². The molecule has 0 bridgehead atoms. The van der Waals surface area contributed by atoms with E-state index < -0.39 is 15.9 Å². The van der Waals surface area contributed by atoms with Gasteiger partial charge in [0.05, 0.1) is 19.9 Å². The summed E-state index contributed by atoms with van der Waals surface area (Å²) in [7, 11) is -1.06. The Labute approximate surface area is 177 Å². The highest BCUT2D eigenvalue weighted by Crippen LogP contribution is 2.45. The molecule has 160 valence electrons. The first-order valence-corrected chi connectivity index (χ1v) is 11.0. The van der Waals surface area contributed by atoms with E-state index in [0.717, 1.165) is 11.1 Å². The summed E-state index contributed by atoms with van der Waals surface area (Å²) in [4.78, 5) is 12.9. The number of methoxy groups -OCH3 is 2. The maximum Gasteiger partial charge on any atom is 0.270 e. The highest BCUT2D eigenvalue weighted by Gasteiger charge is 2.39. The Morgan fingerprint density at radius 2 is 1.67 bits per heavy atom. The maximum atomic E-state index is 13.4. The average Bonchev–Trinajstić information content (AvgIpc) is 2.69. The second-order valence-corrected chi connectivity index (χ2v) is 8.92. The molecule has 8 heteroatoms. The Hall–Kier alpha value is -3.00. The third-order valence-corrected chi connectivity index (χ3v) is 7.23. The first kappa shape index (κ1) is 21.7. The number of ether oxygens (including phenoxy) is 2. The highest BCUT2D eigenvalue weighted by molar-refractivity contribution is 7.97. The summed E-state index contributed by atoms with van der Waals surface area (Å²) in [6.45, 7) is 7.33. The van der Waals surface area contributed by atoms with E-state index in [1.54, 1.807) is 32.0 Å². The average molecular weight is 431 g/mol. The second kappa shape index (κ2) is 8.02. The Morgan fingerprint density at radius 3 is 2.23 bits per heavy atom. The van der Waals surface area contributed by atoms with Crippen LogP contribution in [0.4, 0.5) is 11.4 Å². The van der Waals surface area contributed by atoms with Crippen LogP contribution in [0, 0.1) is 13.8 Å². The molecule has 3 rings (SSSR count). The largest absolute Gasteiger partial charge is 0.493 e. The Morgan fingerprint density at radius 1 is 1.03 bits per heavy atom. The van der Waals surface area contributed by atoms with Crippen molar-refractivity contribution in [1.29, 1.82) is 0 Å². The lowest BCUT2D eigenvalue weighted by Crippen LogP contribution is -2.39. The van der Waals surface area contributed by atoms with Gasteiger partial charge in [0.2, 0.25) is 0 Å². The zero-order chi connectivity index (χ0) is 22.2. The van der Waals surface area contributed by atoms with Crippen LogP contribution < -0.4 is 19.1 Å².